The molecule has 0 amide bonds. The van der Waals surface area contributed by atoms with Crippen LogP contribution in [0.25, 0.3) is 0 Å². The summed E-state index contributed by atoms with van der Waals surface area (Å²) in [6, 6.07) is 7.28. The van der Waals surface area contributed by atoms with Gasteiger partial charge in [0.25, 0.3) is 0 Å². The summed E-state index contributed by atoms with van der Waals surface area (Å²) in [6.45, 7) is 9.30. The van der Waals surface area contributed by atoms with Crippen LogP contribution in [0.2, 0.25) is 0 Å². The highest BCUT2D eigenvalue weighted by Crippen LogP contribution is 2.30. The molecule has 1 heterocycles. The number of hydrogen-bond donors (Lipinski definition) is 2. The van der Waals surface area contributed by atoms with E-state index in [1.54, 1.807) is 0 Å². The number of fused-ring (bicyclic) bond motifs is 1. The van der Waals surface area contributed by atoms with Crippen LogP contribution in [0.4, 0.5) is 5.69 Å². The van der Waals surface area contributed by atoms with Gasteiger partial charge in [-0.3, -0.25) is 0 Å². The van der Waals surface area contributed by atoms with Crippen molar-refractivity contribution < 1.29 is 5.11 Å². The Bertz CT molecular complexity index is 431. The van der Waals surface area contributed by atoms with E-state index in [1.165, 1.54) is 29.7 Å². The highest BCUT2D eigenvalue weighted by atomic mass is 16.3. The molecule has 1 aromatic rings. The first-order valence-corrected chi connectivity index (χ1v) is 7.91. The number of benzene rings is 1. The Balaban J connectivity index is 2.13. The predicted molar refractivity (Wildman–Crippen MR) is 85.4 cm³/mol. The number of aryl methyl sites for hydroxylation is 1. The Kier molecular flexibility index (Phi) is 5.44. The maximum atomic E-state index is 9.47. The topological polar surface area (TPSA) is 35.5 Å². The Morgan fingerprint density at radius 3 is 2.85 bits per heavy atom. The zero-order valence-electron chi connectivity index (χ0n) is 13.0. The van der Waals surface area contributed by atoms with Gasteiger partial charge in [-0.25, -0.2) is 0 Å². The van der Waals surface area contributed by atoms with Gasteiger partial charge >= 0.3 is 0 Å². The molecule has 2 N–H and O–H groups in total. The maximum absolute atomic E-state index is 9.47. The highest BCUT2D eigenvalue weighted by Gasteiger charge is 2.18. The van der Waals surface area contributed by atoms with Gasteiger partial charge in [0.2, 0.25) is 0 Å². The van der Waals surface area contributed by atoms with Crippen LogP contribution < -0.4 is 10.2 Å². The molecule has 3 heteroatoms. The summed E-state index contributed by atoms with van der Waals surface area (Å²) in [5, 5.41) is 12.9. The van der Waals surface area contributed by atoms with Crippen molar-refractivity contribution in [3.63, 3.8) is 0 Å². The number of aliphatic hydroxyl groups is 1. The van der Waals surface area contributed by atoms with Gasteiger partial charge in [0, 0.05) is 24.8 Å². The summed E-state index contributed by atoms with van der Waals surface area (Å²) in [4.78, 5) is 2.42. The van der Waals surface area contributed by atoms with Crippen molar-refractivity contribution in [3.05, 3.63) is 29.3 Å². The lowest BCUT2D eigenvalue weighted by Crippen LogP contribution is -2.32. The Hall–Kier alpha value is -1.06. The zero-order chi connectivity index (χ0) is 14.5. The molecular weight excluding hydrogens is 248 g/mol. The minimum Gasteiger partial charge on any atom is -0.393 e. The fourth-order valence-electron chi connectivity index (χ4n) is 2.96. The van der Waals surface area contributed by atoms with E-state index in [2.05, 4.69) is 42.3 Å². The first kappa shape index (κ1) is 15.3. The average molecular weight is 276 g/mol. The van der Waals surface area contributed by atoms with Crippen molar-refractivity contribution in [1.29, 1.82) is 0 Å². The van der Waals surface area contributed by atoms with Crippen LogP contribution >= 0.6 is 0 Å². The van der Waals surface area contributed by atoms with Gasteiger partial charge in [-0.2, -0.15) is 0 Å². The quantitative estimate of drug-likeness (QED) is 0.838. The van der Waals surface area contributed by atoms with E-state index in [1.807, 2.05) is 6.92 Å². The van der Waals surface area contributed by atoms with Crippen LogP contribution in [0.15, 0.2) is 18.2 Å². The van der Waals surface area contributed by atoms with Crippen LogP contribution in [0.3, 0.4) is 0 Å². The summed E-state index contributed by atoms with van der Waals surface area (Å²) < 4.78 is 0. The molecular formula is C17H28N2O. The minimum atomic E-state index is -0.214. The summed E-state index contributed by atoms with van der Waals surface area (Å²) in [5.74, 6) is 0. The molecule has 2 atom stereocenters. The molecule has 20 heavy (non-hydrogen) atoms. The van der Waals surface area contributed by atoms with Gasteiger partial charge in [0.1, 0.15) is 0 Å². The molecule has 0 bridgehead atoms. The van der Waals surface area contributed by atoms with Crippen LogP contribution in [0, 0.1) is 0 Å². The van der Waals surface area contributed by atoms with Crippen molar-refractivity contribution in [2.75, 3.05) is 24.5 Å². The van der Waals surface area contributed by atoms with E-state index in [-0.39, 0.29) is 6.10 Å². The third kappa shape index (κ3) is 3.74. The van der Waals surface area contributed by atoms with Gasteiger partial charge in [-0.15, -0.1) is 0 Å². The molecule has 0 fully saturated rings. The lowest BCUT2D eigenvalue weighted by atomic mass is 9.96. The molecule has 112 valence electrons. The summed E-state index contributed by atoms with van der Waals surface area (Å²) in [6.07, 6.45) is 3.02. The van der Waals surface area contributed by atoms with Crippen molar-refractivity contribution in [2.45, 2.75) is 52.2 Å². The van der Waals surface area contributed by atoms with Crippen LogP contribution in [-0.4, -0.2) is 30.8 Å². The van der Waals surface area contributed by atoms with Crippen LogP contribution in [0.1, 0.15) is 50.8 Å². The Labute approximate surface area is 123 Å². The number of nitrogens with zero attached hydrogens (tertiary/aromatic N) is 1. The predicted octanol–water partition coefficient (Wildman–Crippen LogP) is 2.88. The third-order valence-corrected chi connectivity index (χ3v) is 4.15. The Morgan fingerprint density at radius 2 is 2.15 bits per heavy atom. The smallest absolute Gasteiger partial charge is 0.0528 e. The van der Waals surface area contributed by atoms with Crippen molar-refractivity contribution in [1.82, 2.24) is 5.32 Å². The third-order valence-electron chi connectivity index (χ3n) is 4.15. The molecule has 1 aliphatic rings. The van der Waals surface area contributed by atoms with Crippen LogP contribution in [0.5, 0.6) is 0 Å². The fourth-order valence-corrected chi connectivity index (χ4v) is 2.96. The number of rotatable bonds is 6. The summed E-state index contributed by atoms with van der Waals surface area (Å²) in [7, 11) is 0. The molecule has 0 radical (unpaired) electrons. The molecule has 1 aliphatic heterocycles. The van der Waals surface area contributed by atoms with Crippen molar-refractivity contribution in [2.24, 2.45) is 0 Å². The van der Waals surface area contributed by atoms with E-state index in [4.69, 9.17) is 0 Å². The summed E-state index contributed by atoms with van der Waals surface area (Å²) >= 11 is 0. The lowest BCUT2D eigenvalue weighted by Gasteiger charge is -2.32. The normalized spacial score (nSPS) is 17.7. The van der Waals surface area contributed by atoms with E-state index in [0.29, 0.717) is 6.04 Å². The molecule has 3 nitrogen and oxygen atoms in total. The largest absolute Gasteiger partial charge is 0.393 e. The molecule has 0 aromatic heterocycles. The number of hydrogen-bond acceptors (Lipinski definition) is 3. The van der Waals surface area contributed by atoms with Crippen molar-refractivity contribution in [3.8, 4) is 0 Å². The standard InChI is InChI=1S/C17H28N2O/c1-4-18-14(3)15-7-8-17-16(12-15)6-5-10-19(17)11-9-13(2)20/h7-8,12-14,18,20H,4-6,9-11H2,1-3H3. The monoisotopic (exact) mass is 276 g/mol. The zero-order valence-corrected chi connectivity index (χ0v) is 13.0. The van der Waals surface area contributed by atoms with Gasteiger partial charge in [-0.1, -0.05) is 19.1 Å². The minimum absolute atomic E-state index is 0.214. The fraction of sp³-hybridized carbons (Fsp3) is 0.647. The second-order valence-electron chi connectivity index (χ2n) is 5.90. The van der Waals surface area contributed by atoms with Gasteiger partial charge in [0.05, 0.1) is 6.10 Å². The van der Waals surface area contributed by atoms with E-state index < -0.39 is 0 Å². The first-order chi connectivity index (χ1) is 9.61. The number of anilines is 1. The SMILES string of the molecule is CCNC(C)c1ccc2c(c1)CCCN2CCC(C)O. The molecule has 1 aromatic carbocycles. The molecule has 0 saturated heterocycles. The average Bonchev–Trinajstić information content (AvgIpc) is 2.44. The molecule has 0 spiro atoms. The molecule has 2 rings (SSSR count). The molecule has 0 aliphatic carbocycles. The summed E-state index contributed by atoms with van der Waals surface area (Å²) in [5.41, 5.74) is 4.21. The Morgan fingerprint density at radius 1 is 1.35 bits per heavy atom. The molecule has 2 unspecified atom stereocenters. The second-order valence-corrected chi connectivity index (χ2v) is 5.90. The van der Waals surface area contributed by atoms with Crippen molar-refractivity contribution >= 4 is 5.69 Å². The number of aliphatic hydroxyl groups excluding tert-OH is 1. The number of nitrogens with one attached hydrogen (secondary N) is 1. The van der Waals surface area contributed by atoms with E-state index in [0.717, 1.165) is 26.1 Å². The highest BCUT2D eigenvalue weighted by molar-refractivity contribution is 5.57. The van der Waals surface area contributed by atoms with Gasteiger partial charge < -0.3 is 15.3 Å². The van der Waals surface area contributed by atoms with Gasteiger partial charge in [-0.05, 0) is 56.8 Å². The maximum Gasteiger partial charge on any atom is 0.0528 e. The molecule has 0 saturated carbocycles. The van der Waals surface area contributed by atoms with Gasteiger partial charge in [0.15, 0.2) is 0 Å². The van der Waals surface area contributed by atoms with Crippen LogP contribution in [-0.2, 0) is 6.42 Å². The first-order valence-electron chi connectivity index (χ1n) is 7.91. The second kappa shape index (κ2) is 7.09. The van der Waals surface area contributed by atoms with E-state index >= 15 is 0 Å². The lowest BCUT2D eigenvalue weighted by molar-refractivity contribution is 0.186. The van der Waals surface area contributed by atoms with E-state index in [9.17, 15) is 5.11 Å².